The minimum Gasteiger partial charge on any atom is -0.355 e. The third-order valence-electron chi connectivity index (χ3n) is 3.02. The van der Waals surface area contributed by atoms with Crippen LogP contribution in [0, 0.1) is 5.92 Å². The highest BCUT2D eigenvalue weighted by Gasteiger charge is 2.17. The van der Waals surface area contributed by atoms with Crippen LogP contribution in [0.2, 0.25) is 0 Å². The molecule has 1 aliphatic heterocycles. The van der Waals surface area contributed by atoms with Crippen LogP contribution in [0.25, 0.3) is 0 Å². The van der Waals surface area contributed by atoms with Crippen LogP contribution in [0.5, 0.6) is 0 Å². The summed E-state index contributed by atoms with van der Waals surface area (Å²) in [5.74, 6) is 0.825. The predicted molar refractivity (Wildman–Crippen MR) is 60.9 cm³/mol. The maximum Gasteiger partial charge on any atom is 0.169 e. The van der Waals surface area contributed by atoms with Gasteiger partial charge in [-0.3, -0.25) is 0 Å². The summed E-state index contributed by atoms with van der Waals surface area (Å²) in [5, 5.41) is 3.38. The van der Waals surface area contributed by atoms with Gasteiger partial charge in [0.2, 0.25) is 0 Å². The topological polar surface area (TPSA) is 33.7 Å². The Morgan fingerprint density at radius 3 is 2.40 bits per heavy atom. The first-order valence-electron chi connectivity index (χ1n) is 5.71. The standard InChI is InChI=1S/C11H24N2O2/c1-13(9-11(14-2)15-3)8-10-4-6-12-7-5-10/h10-12H,4-9H2,1-3H3. The highest BCUT2D eigenvalue weighted by Crippen LogP contribution is 2.12. The van der Waals surface area contributed by atoms with E-state index in [-0.39, 0.29) is 6.29 Å². The molecule has 1 heterocycles. The molecule has 0 amide bonds. The fraction of sp³-hybridized carbons (Fsp3) is 1.00. The van der Waals surface area contributed by atoms with Gasteiger partial charge in [-0.2, -0.15) is 0 Å². The van der Waals surface area contributed by atoms with Crippen molar-refractivity contribution in [2.45, 2.75) is 19.1 Å². The fourth-order valence-electron chi connectivity index (χ4n) is 2.08. The Kier molecular flexibility index (Phi) is 6.17. The zero-order valence-electron chi connectivity index (χ0n) is 10.2. The van der Waals surface area contributed by atoms with Crippen LogP contribution in [0.4, 0.5) is 0 Å². The molecule has 0 spiro atoms. The van der Waals surface area contributed by atoms with Crippen LogP contribution in [-0.2, 0) is 9.47 Å². The van der Waals surface area contributed by atoms with Gasteiger partial charge in [0.1, 0.15) is 0 Å². The molecular formula is C11H24N2O2. The Morgan fingerprint density at radius 2 is 1.87 bits per heavy atom. The van der Waals surface area contributed by atoms with Gasteiger partial charge in [0.25, 0.3) is 0 Å². The van der Waals surface area contributed by atoms with Gasteiger partial charge < -0.3 is 19.7 Å². The van der Waals surface area contributed by atoms with Crippen LogP contribution in [0.1, 0.15) is 12.8 Å². The van der Waals surface area contributed by atoms with E-state index in [0.29, 0.717) is 0 Å². The molecule has 15 heavy (non-hydrogen) atoms. The molecule has 1 fully saturated rings. The zero-order valence-corrected chi connectivity index (χ0v) is 10.2. The van der Waals surface area contributed by atoms with Gasteiger partial charge in [0.15, 0.2) is 6.29 Å². The first-order valence-corrected chi connectivity index (χ1v) is 5.71. The minimum absolute atomic E-state index is 0.100. The van der Waals surface area contributed by atoms with Crippen molar-refractivity contribution < 1.29 is 9.47 Å². The SMILES string of the molecule is COC(CN(C)CC1CCNCC1)OC. The van der Waals surface area contributed by atoms with Gasteiger partial charge in [-0.1, -0.05) is 0 Å². The maximum atomic E-state index is 5.18. The number of rotatable bonds is 6. The number of hydrogen-bond donors (Lipinski definition) is 1. The minimum atomic E-state index is -0.100. The van der Waals surface area contributed by atoms with Gasteiger partial charge in [-0.05, 0) is 38.9 Å². The summed E-state index contributed by atoms with van der Waals surface area (Å²) in [7, 11) is 5.51. The number of nitrogens with zero attached hydrogens (tertiary/aromatic N) is 1. The lowest BCUT2D eigenvalue weighted by atomic mass is 9.98. The first-order chi connectivity index (χ1) is 7.26. The average Bonchev–Trinajstić information content (AvgIpc) is 2.27. The lowest BCUT2D eigenvalue weighted by molar-refractivity contribution is -0.114. The van der Waals surface area contributed by atoms with Gasteiger partial charge in [-0.15, -0.1) is 0 Å². The van der Waals surface area contributed by atoms with Gasteiger partial charge in [0, 0.05) is 27.3 Å². The molecule has 0 aliphatic carbocycles. The molecule has 0 aromatic heterocycles. The Morgan fingerprint density at radius 1 is 1.27 bits per heavy atom. The van der Waals surface area contributed by atoms with Crippen LogP contribution in [0.15, 0.2) is 0 Å². The Bertz CT molecular complexity index is 157. The number of methoxy groups -OCH3 is 2. The van der Waals surface area contributed by atoms with E-state index in [0.717, 1.165) is 32.1 Å². The number of piperidine rings is 1. The molecule has 0 saturated carbocycles. The van der Waals surface area contributed by atoms with Gasteiger partial charge in [-0.25, -0.2) is 0 Å². The molecular weight excluding hydrogens is 192 g/mol. The lowest BCUT2D eigenvalue weighted by Crippen LogP contribution is -2.38. The summed E-state index contributed by atoms with van der Waals surface area (Å²) in [4.78, 5) is 2.30. The third-order valence-corrected chi connectivity index (χ3v) is 3.02. The average molecular weight is 216 g/mol. The molecule has 0 aromatic rings. The second-order valence-electron chi connectivity index (χ2n) is 4.32. The Balaban J connectivity index is 2.18. The molecule has 0 atom stereocenters. The van der Waals surface area contributed by atoms with Crippen molar-refractivity contribution in [3.8, 4) is 0 Å². The zero-order chi connectivity index (χ0) is 11.1. The van der Waals surface area contributed by atoms with Crippen LogP contribution in [0.3, 0.4) is 0 Å². The summed E-state index contributed by atoms with van der Waals surface area (Å²) >= 11 is 0. The van der Waals surface area contributed by atoms with Crippen molar-refractivity contribution in [1.82, 2.24) is 10.2 Å². The summed E-state index contributed by atoms with van der Waals surface area (Å²) < 4.78 is 10.4. The number of ether oxygens (including phenoxy) is 2. The van der Waals surface area contributed by atoms with E-state index in [1.807, 2.05) is 0 Å². The van der Waals surface area contributed by atoms with E-state index < -0.39 is 0 Å². The van der Waals surface area contributed by atoms with Crippen molar-refractivity contribution in [2.75, 3.05) is 47.4 Å². The summed E-state index contributed by atoms with van der Waals surface area (Å²) in [6, 6.07) is 0. The first kappa shape index (κ1) is 12.9. The molecule has 0 radical (unpaired) electrons. The molecule has 1 saturated heterocycles. The number of nitrogens with one attached hydrogen (secondary N) is 1. The Labute approximate surface area is 92.9 Å². The van der Waals surface area contributed by atoms with Crippen molar-refractivity contribution in [3.05, 3.63) is 0 Å². The van der Waals surface area contributed by atoms with E-state index in [2.05, 4.69) is 17.3 Å². The fourth-order valence-corrected chi connectivity index (χ4v) is 2.08. The van der Waals surface area contributed by atoms with Crippen molar-refractivity contribution >= 4 is 0 Å². The molecule has 90 valence electrons. The third kappa shape index (κ3) is 4.93. The van der Waals surface area contributed by atoms with E-state index in [9.17, 15) is 0 Å². The quantitative estimate of drug-likeness (QED) is 0.657. The van der Waals surface area contributed by atoms with Crippen LogP contribution >= 0.6 is 0 Å². The molecule has 1 rings (SSSR count). The van der Waals surface area contributed by atoms with Crippen LogP contribution in [-0.4, -0.2) is 58.6 Å². The summed E-state index contributed by atoms with van der Waals surface area (Å²) in [6.07, 6.45) is 2.47. The van der Waals surface area contributed by atoms with E-state index in [4.69, 9.17) is 9.47 Å². The monoisotopic (exact) mass is 216 g/mol. The second kappa shape index (κ2) is 7.17. The van der Waals surface area contributed by atoms with E-state index >= 15 is 0 Å². The van der Waals surface area contributed by atoms with Crippen molar-refractivity contribution in [3.63, 3.8) is 0 Å². The largest absolute Gasteiger partial charge is 0.355 e. The van der Waals surface area contributed by atoms with E-state index in [1.54, 1.807) is 14.2 Å². The lowest BCUT2D eigenvalue weighted by Gasteiger charge is -2.29. The highest BCUT2D eigenvalue weighted by atomic mass is 16.7. The van der Waals surface area contributed by atoms with Gasteiger partial charge >= 0.3 is 0 Å². The summed E-state index contributed by atoms with van der Waals surface area (Å²) in [6.45, 7) is 4.31. The predicted octanol–water partition coefficient (Wildman–Crippen LogP) is 0.537. The normalized spacial score (nSPS) is 19.0. The van der Waals surface area contributed by atoms with Crippen molar-refractivity contribution in [1.29, 1.82) is 0 Å². The number of hydrogen-bond acceptors (Lipinski definition) is 4. The molecule has 4 heteroatoms. The van der Waals surface area contributed by atoms with Crippen molar-refractivity contribution in [2.24, 2.45) is 5.92 Å². The van der Waals surface area contributed by atoms with Gasteiger partial charge in [0.05, 0.1) is 0 Å². The Hall–Kier alpha value is -0.160. The number of likely N-dealkylation sites (N-methyl/N-ethyl adjacent to an activating group) is 1. The molecule has 0 aromatic carbocycles. The molecule has 0 unspecified atom stereocenters. The molecule has 4 nitrogen and oxygen atoms in total. The summed E-state index contributed by atoms with van der Waals surface area (Å²) in [5.41, 5.74) is 0. The van der Waals surface area contributed by atoms with E-state index in [1.165, 1.54) is 12.8 Å². The smallest absolute Gasteiger partial charge is 0.169 e. The second-order valence-corrected chi connectivity index (χ2v) is 4.32. The van der Waals surface area contributed by atoms with Crippen LogP contribution < -0.4 is 5.32 Å². The molecule has 1 aliphatic rings. The maximum absolute atomic E-state index is 5.18. The molecule has 1 N–H and O–H groups in total. The highest BCUT2D eigenvalue weighted by molar-refractivity contribution is 4.71. The molecule has 0 bridgehead atoms.